The van der Waals surface area contributed by atoms with Crippen molar-refractivity contribution in [1.29, 1.82) is 0 Å². The molecule has 0 radical (unpaired) electrons. The van der Waals surface area contributed by atoms with Crippen molar-refractivity contribution in [2.45, 2.75) is 19.8 Å². The number of carbonyl (C=O) groups excluding carboxylic acids is 1. The van der Waals surface area contributed by atoms with Gasteiger partial charge in [0.05, 0.1) is 10.5 Å². The summed E-state index contributed by atoms with van der Waals surface area (Å²) in [7, 11) is 1.62. The number of thiocarbonyl (C=S) groups is 1. The van der Waals surface area contributed by atoms with Crippen LogP contribution < -0.4 is 10.9 Å². The molecule has 4 rings (SSSR count). The highest BCUT2D eigenvalue weighted by atomic mass is 32.2. The average Bonchev–Trinajstić information content (AvgIpc) is 3.10. The number of amides is 1. The summed E-state index contributed by atoms with van der Waals surface area (Å²) in [6.45, 7) is 3.53. The van der Waals surface area contributed by atoms with Crippen LogP contribution in [0.2, 0.25) is 0 Å². The summed E-state index contributed by atoms with van der Waals surface area (Å²) in [6, 6.07) is 13.8. The van der Waals surface area contributed by atoms with Crippen LogP contribution in [0.15, 0.2) is 58.4 Å². The van der Waals surface area contributed by atoms with E-state index in [4.69, 9.17) is 21.9 Å². The second kappa shape index (κ2) is 10.9. The Morgan fingerprint density at radius 1 is 1.18 bits per heavy atom. The average molecular weight is 495 g/mol. The number of carbonyl (C=O) groups is 1. The van der Waals surface area contributed by atoms with E-state index in [0.29, 0.717) is 52.4 Å². The van der Waals surface area contributed by atoms with Gasteiger partial charge in [0.15, 0.2) is 0 Å². The fourth-order valence-corrected chi connectivity index (χ4v) is 4.97. The maximum atomic E-state index is 13.5. The molecule has 1 aromatic carbocycles. The highest BCUT2D eigenvalue weighted by molar-refractivity contribution is 8.26. The summed E-state index contributed by atoms with van der Waals surface area (Å²) < 4.78 is 7.08. The molecule has 0 saturated carbocycles. The molecule has 0 unspecified atom stereocenters. The Kier molecular flexibility index (Phi) is 7.77. The van der Waals surface area contributed by atoms with Gasteiger partial charge in [-0.3, -0.25) is 18.9 Å². The summed E-state index contributed by atoms with van der Waals surface area (Å²) in [5.74, 6) is 0.254. The van der Waals surface area contributed by atoms with E-state index in [9.17, 15) is 9.59 Å². The monoisotopic (exact) mass is 494 g/mol. The number of fused-ring (bicyclic) bond motifs is 1. The standard InChI is InChI=1S/C25H26N4O3S2/c1-17-9-10-21-27-22(26-12-11-18-7-4-3-5-8-18)19(23(30)29(21)16-17)15-20-24(31)28(25(33)34-20)13-6-14-32-2/h3-5,7-10,15-16,26H,6,11-14H2,1-2H3/b20-15+. The molecule has 0 spiro atoms. The van der Waals surface area contributed by atoms with Crippen LogP contribution >= 0.6 is 24.0 Å². The zero-order valence-electron chi connectivity index (χ0n) is 19.1. The minimum atomic E-state index is -0.236. The van der Waals surface area contributed by atoms with Crippen LogP contribution in [0.25, 0.3) is 11.7 Å². The van der Waals surface area contributed by atoms with Crippen LogP contribution in [0.3, 0.4) is 0 Å². The smallest absolute Gasteiger partial charge is 0.267 e. The van der Waals surface area contributed by atoms with E-state index >= 15 is 0 Å². The first kappa shape index (κ1) is 24.1. The summed E-state index contributed by atoms with van der Waals surface area (Å²) in [5.41, 5.74) is 2.77. The van der Waals surface area contributed by atoms with Gasteiger partial charge in [-0.25, -0.2) is 4.98 Å². The van der Waals surface area contributed by atoms with Crippen molar-refractivity contribution in [1.82, 2.24) is 14.3 Å². The molecular formula is C25H26N4O3S2. The SMILES string of the molecule is COCCCN1C(=O)/C(=C\c2c(NCCc3ccccc3)nc3ccc(C)cn3c2=O)SC1=S. The summed E-state index contributed by atoms with van der Waals surface area (Å²) in [5, 5.41) is 3.31. The van der Waals surface area contributed by atoms with Crippen molar-refractivity contribution in [2.24, 2.45) is 0 Å². The lowest BCUT2D eigenvalue weighted by Gasteiger charge is -2.13. The molecule has 1 saturated heterocycles. The Balaban J connectivity index is 1.67. The number of hydrogen-bond acceptors (Lipinski definition) is 7. The van der Waals surface area contributed by atoms with Crippen LogP contribution in [0, 0.1) is 6.92 Å². The van der Waals surface area contributed by atoms with Crippen molar-refractivity contribution in [3.63, 3.8) is 0 Å². The van der Waals surface area contributed by atoms with Crippen LogP contribution in [0.1, 0.15) is 23.1 Å². The van der Waals surface area contributed by atoms with Crippen molar-refractivity contribution in [3.05, 3.63) is 80.6 Å². The van der Waals surface area contributed by atoms with E-state index in [1.807, 2.05) is 37.3 Å². The number of ether oxygens (including phenoxy) is 1. The van der Waals surface area contributed by atoms with Gasteiger partial charge in [-0.05, 0) is 43.0 Å². The molecule has 0 atom stereocenters. The number of anilines is 1. The topological polar surface area (TPSA) is 75.9 Å². The van der Waals surface area contributed by atoms with Gasteiger partial charge in [0.25, 0.3) is 11.5 Å². The Hall–Kier alpha value is -3.01. The number of methoxy groups -OCH3 is 1. The van der Waals surface area contributed by atoms with Crippen LogP contribution in [-0.2, 0) is 16.0 Å². The molecule has 1 aliphatic heterocycles. The zero-order valence-corrected chi connectivity index (χ0v) is 20.7. The van der Waals surface area contributed by atoms with Gasteiger partial charge in [-0.2, -0.15) is 0 Å². The molecule has 0 bridgehead atoms. The number of aromatic nitrogens is 2. The minimum absolute atomic E-state index is 0.199. The summed E-state index contributed by atoms with van der Waals surface area (Å²) >= 11 is 6.62. The van der Waals surface area contributed by atoms with Crippen LogP contribution in [0.4, 0.5) is 5.82 Å². The third-order valence-electron chi connectivity index (χ3n) is 5.43. The Morgan fingerprint density at radius 2 is 1.97 bits per heavy atom. The van der Waals surface area contributed by atoms with Crippen molar-refractivity contribution in [3.8, 4) is 0 Å². The largest absolute Gasteiger partial charge is 0.385 e. The van der Waals surface area contributed by atoms with Crippen molar-refractivity contribution < 1.29 is 9.53 Å². The Bertz CT molecular complexity index is 1300. The molecule has 1 aliphatic rings. The first-order valence-electron chi connectivity index (χ1n) is 11.0. The lowest BCUT2D eigenvalue weighted by molar-refractivity contribution is -0.122. The van der Waals surface area contributed by atoms with Gasteiger partial charge in [0.1, 0.15) is 15.8 Å². The second-order valence-corrected chi connectivity index (χ2v) is 9.63. The van der Waals surface area contributed by atoms with Crippen LogP contribution in [0.5, 0.6) is 0 Å². The molecule has 9 heteroatoms. The van der Waals surface area contributed by atoms with E-state index in [1.165, 1.54) is 21.7 Å². The molecule has 1 amide bonds. The fourth-order valence-electron chi connectivity index (χ4n) is 3.68. The molecule has 2 aromatic heterocycles. The molecule has 34 heavy (non-hydrogen) atoms. The van der Waals surface area contributed by atoms with E-state index in [-0.39, 0.29) is 11.5 Å². The Morgan fingerprint density at radius 3 is 2.74 bits per heavy atom. The third-order valence-corrected chi connectivity index (χ3v) is 6.81. The van der Waals surface area contributed by atoms with E-state index < -0.39 is 0 Å². The number of nitrogens with zero attached hydrogens (tertiary/aromatic N) is 3. The predicted octanol–water partition coefficient (Wildman–Crippen LogP) is 3.90. The molecule has 1 N–H and O–H groups in total. The normalized spacial score (nSPS) is 15.0. The number of hydrogen-bond donors (Lipinski definition) is 1. The van der Waals surface area contributed by atoms with Crippen molar-refractivity contribution in [2.75, 3.05) is 32.1 Å². The maximum absolute atomic E-state index is 13.5. The molecule has 0 aliphatic carbocycles. The number of pyridine rings is 1. The molecule has 3 aromatic rings. The third kappa shape index (κ3) is 5.38. The lowest BCUT2D eigenvalue weighted by atomic mass is 10.1. The van der Waals surface area contributed by atoms with E-state index in [0.717, 1.165) is 12.0 Å². The quantitative estimate of drug-likeness (QED) is 0.275. The molecular weight excluding hydrogens is 468 g/mol. The highest BCUT2D eigenvalue weighted by Gasteiger charge is 2.32. The number of rotatable bonds is 9. The molecule has 3 heterocycles. The number of benzene rings is 1. The first-order chi connectivity index (χ1) is 16.5. The Labute approximate surface area is 207 Å². The van der Waals surface area contributed by atoms with Gasteiger partial charge in [0, 0.05) is 33.0 Å². The number of aryl methyl sites for hydroxylation is 1. The van der Waals surface area contributed by atoms with Gasteiger partial charge in [-0.1, -0.05) is 60.4 Å². The van der Waals surface area contributed by atoms with Crippen molar-refractivity contribution >= 4 is 51.7 Å². The highest BCUT2D eigenvalue weighted by Crippen LogP contribution is 2.33. The second-order valence-electron chi connectivity index (χ2n) is 7.96. The van der Waals surface area contributed by atoms with Gasteiger partial charge in [0.2, 0.25) is 0 Å². The zero-order chi connectivity index (χ0) is 24.1. The maximum Gasteiger partial charge on any atom is 0.267 e. The summed E-state index contributed by atoms with van der Waals surface area (Å²) in [6.07, 6.45) is 4.83. The predicted molar refractivity (Wildman–Crippen MR) is 141 cm³/mol. The number of nitrogens with one attached hydrogen (secondary N) is 1. The molecule has 176 valence electrons. The van der Waals surface area contributed by atoms with E-state index in [2.05, 4.69) is 17.4 Å². The van der Waals surface area contributed by atoms with E-state index in [1.54, 1.807) is 24.3 Å². The minimum Gasteiger partial charge on any atom is -0.385 e. The first-order valence-corrected chi connectivity index (χ1v) is 12.3. The fraction of sp³-hybridized carbons (Fsp3) is 0.280. The van der Waals surface area contributed by atoms with Crippen LogP contribution in [-0.4, -0.2) is 51.3 Å². The summed E-state index contributed by atoms with van der Waals surface area (Å²) in [4.78, 5) is 33.1. The number of thioether (sulfide) groups is 1. The lowest BCUT2D eigenvalue weighted by Crippen LogP contribution is -2.29. The molecule has 7 nitrogen and oxygen atoms in total. The van der Waals surface area contributed by atoms with Gasteiger partial charge >= 0.3 is 0 Å². The van der Waals surface area contributed by atoms with Gasteiger partial charge < -0.3 is 10.1 Å². The molecule has 1 fully saturated rings. The van der Waals surface area contributed by atoms with Gasteiger partial charge in [-0.15, -0.1) is 0 Å².